The zero-order valence-corrected chi connectivity index (χ0v) is 20.5. The van der Waals surface area contributed by atoms with Crippen LogP contribution in [0.5, 0.6) is 0 Å². The van der Waals surface area contributed by atoms with E-state index in [1.54, 1.807) is 0 Å². The number of aromatic nitrogens is 2. The van der Waals surface area contributed by atoms with E-state index in [4.69, 9.17) is 4.98 Å². The molecule has 0 saturated carbocycles. The van der Waals surface area contributed by atoms with Crippen LogP contribution in [0.2, 0.25) is 0 Å². The number of aromatic carboxylic acids is 1. The van der Waals surface area contributed by atoms with Crippen molar-refractivity contribution in [3.05, 3.63) is 77.6 Å². The van der Waals surface area contributed by atoms with Gasteiger partial charge in [0.1, 0.15) is 11.3 Å². The summed E-state index contributed by atoms with van der Waals surface area (Å²) in [5.74, 6) is -0.151. The summed E-state index contributed by atoms with van der Waals surface area (Å²) in [5, 5.41) is 13.2. The Morgan fingerprint density at radius 1 is 0.971 bits per heavy atom. The first kappa shape index (κ1) is 24.2. The number of carbonyl (C=O) groups is 2. The lowest BCUT2D eigenvalue weighted by atomic mass is 9.94. The van der Waals surface area contributed by atoms with Crippen molar-refractivity contribution in [1.29, 1.82) is 0 Å². The lowest BCUT2D eigenvalue weighted by molar-refractivity contribution is -0.116. The molecule has 2 N–H and O–H groups in total. The monoisotopic (exact) mass is 469 g/mol. The van der Waals surface area contributed by atoms with Crippen LogP contribution in [0.1, 0.15) is 61.3 Å². The molecule has 1 amide bonds. The third-order valence-electron chi connectivity index (χ3n) is 6.24. The largest absolute Gasteiger partial charge is 0.478 e. The lowest BCUT2D eigenvalue weighted by Crippen LogP contribution is -2.11. The van der Waals surface area contributed by atoms with Crippen molar-refractivity contribution in [2.24, 2.45) is 0 Å². The van der Waals surface area contributed by atoms with Crippen LogP contribution in [-0.4, -0.2) is 26.5 Å². The second-order valence-corrected chi connectivity index (χ2v) is 8.74. The van der Waals surface area contributed by atoms with E-state index in [0.29, 0.717) is 28.8 Å². The minimum atomic E-state index is -0.963. The predicted octanol–water partition coefficient (Wildman–Crippen LogP) is 6.78. The highest BCUT2D eigenvalue weighted by Gasteiger charge is 2.22. The minimum absolute atomic E-state index is 0.0405. The molecule has 4 rings (SSSR count). The molecule has 180 valence electrons. The molecule has 6 heteroatoms. The van der Waals surface area contributed by atoms with Crippen molar-refractivity contribution < 1.29 is 14.7 Å². The second-order valence-electron chi connectivity index (χ2n) is 8.74. The van der Waals surface area contributed by atoms with Gasteiger partial charge in [0.05, 0.1) is 22.5 Å². The molecule has 1 aromatic heterocycles. The van der Waals surface area contributed by atoms with E-state index in [0.717, 1.165) is 48.3 Å². The van der Waals surface area contributed by atoms with Crippen LogP contribution < -0.4 is 5.32 Å². The molecule has 6 nitrogen and oxygen atoms in total. The van der Waals surface area contributed by atoms with E-state index in [1.807, 2.05) is 74.5 Å². The number of carboxylic acids is 1. The summed E-state index contributed by atoms with van der Waals surface area (Å²) < 4.78 is 2.05. The molecule has 0 saturated heterocycles. The summed E-state index contributed by atoms with van der Waals surface area (Å²) in [7, 11) is 0. The SMILES string of the molecule is CCCCc1nc2c(NC(=O)CCC)cccc2n1-c1ccc(-c2ccccc2)c(C(=O)O)c1C. The number of anilines is 1. The third-order valence-corrected chi connectivity index (χ3v) is 6.24. The summed E-state index contributed by atoms with van der Waals surface area (Å²) in [4.78, 5) is 29.7. The first-order chi connectivity index (χ1) is 17.0. The molecule has 4 aromatic rings. The Labute approximate surface area is 205 Å². The molecule has 1 heterocycles. The summed E-state index contributed by atoms with van der Waals surface area (Å²) in [6.07, 6.45) is 3.92. The molecule has 0 aliphatic heterocycles. The maximum atomic E-state index is 12.4. The number of aryl methyl sites for hydroxylation is 1. The first-order valence-electron chi connectivity index (χ1n) is 12.2. The molecular formula is C29H31N3O3. The number of nitrogens with one attached hydrogen (secondary N) is 1. The number of nitrogens with zero attached hydrogens (tertiary/aromatic N) is 2. The van der Waals surface area contributed by atoms with E-state index in [1.165, 1.54) is 0 Å². The van der Waals surface area contributed by atoms with Crippen molar-refractivity contribution in [2.45, 2.75) is 52.9 Å². The molecule has 0 bridgehead atoms. The Morgan fingerprint density at radius 2 is 1.74 bits per heavy atom. The smallest absolute Gasteiger partial charge is 0.336 e. The zero-order chi connectivity index (χ0) is 24.9. The van der Waals surface area contributed by atoms with Gasteiger partial charge in [0, 0.05) is 12.8 Å². The van der Waals surface area contributed by atoms with Gasteiger partial charge < -0.3 is 10.4 Å². The number of carboxylic acid groups (broad SMARTS) is 1. The van der Waals surface area contributed by atoms with Crippen molar-refractivity contribution in [1.82, 2.24) is 9.55 Å². The fraction of sp³-hybridized carbons (Fsp3) is 0.276. The molecule has 0 radical (unpaired) electrons. The first-order valence-corrected chi connectivity index (χ1v) is 12.2. The number of fused-ring (bicyclic) bond motifs is 1. The Balaban J connectivity index is 1.94. The fourth-order valence-electron chi connectivity index (χ4n) is 4.54. The number of carbonyl (C=O) groups excluding carboxylic acids is 1. The number of hydrogen-bond acceptors (Lipinski definition) is 3. The van der Waals surface area contributed by atoms with Crippen molar-refractivity contribution in [2.75, 3.05) is 5.32 Å². The molecule has 0 spiro atoms. The molecular weight excluding hydrogens is 438 g/mol. The Morgan fingerprint density at radius 3 is 2.43 bits per heavy atom. The summed E-state index contributed by atoms with van der Waals surface area (Å²) in [6, 6.07) is 19.2. The quantitative estimate of drug-likeness (QED) is 0.283. The van der Waals surface area contributed by atoms with Gasteiger partial charge in [-0.3, -0.25) is 9.36 Å². The van der Waals surface area contributed by atoms with Crippen molar-refractivity contribution in [3.63, 3.8) is 0 Å². The highest BCUT2D eigenvalue weighted by atomic mass is 16.4. The standard InChI is InChI=1S/C29H31N3O3/c1-4-6-16-25-31-28-22(30-26(33)11-5-2)14-10-15-24(28)32(25)23-18-17-21(20-12-8-7-9-13-20)27(19(23)3)29(34)35/h7-10,12-15,17-18H,4-6,11,16H2,1-3H3,(H,30,33)(H,34,35). The molecule has 3 aromatic carbocycles. The predicted molar refractivity (Wildman–Crippen MR) is 140 cm³/mol. The van der Waals surface area contributed by atoms with Gasteiger partial charge in [0.2, 0.25) is 5.91 Å². The number of unbranched alkanes of at least 4 members (excludes halogenated alkanes) is 1. The van der Waals surface area contributed by atoms with Gasteiger partial charge >= 0.3 is 5.97 Å². The van der Waals surface area contributed by atoms with Crippen LogP contribution in [0.4, 0.5) is 5.69 Å². The number of hydrogen-bond donors (Lipinski definition) is 2. The average Bonchev–Trinajstić information content (AvgIpc) is 3.22. The van der Waals surface area contributed by atoms with Gasteiger partial charge in [-0.25, -0.2) is 9.78 Å². The molecule has 0 fully saturated rings. The maximum Gasteiger partial charge on any atom is 0.336 e. The molecule has 0 atom stereocenters. The normalized spacial score (nSPS) is 11.1. The van der Waals surface area contributed by atoms with Gasteiger partial charge in [-0.15, -0.1) is 0 Å². The van der Waals surface area contributed by atoms with Gasteiger partial charge in [-0.05, 0) is 54.7 Å². The maximum absolute atomic E-state index is 12.4. The van der Waals surface area contributed by atoms with Crippen LogP contribution >= 0.6 is 0 Å². The third kappa shape index (κ3) is 4.83. The summed E-state index contributed by atoms with van der Waals surface area (Å²) >= 11 is 0. The summed E-state index contributed by atoms with van der Waals surface area (Å²) in [5.41, 5.74) is 5.53. The second kappa shape index (κ2) is 10.6. The number of benzene rings is 3. The Kier molecular flexibility index (Phi) is 7.30. The Hall–Kier alpha value is -3.93. The average molecular weight is 470 g/mol. The van der Waals surface area contributed by atoms with Crippen molar-refractivity contribution >= 4 is 28.6 Å². The van der Waals surface area contributed by atoms with E-state index in [2.05, 4.69) is 16.8 Å². The van der Waals surface area contributed by atoms with Gasteiger partial charge in [-0.2, -0.15) is 0 Å². The van der Waals surface area contributed by atoms with Crippen LogP contribution in [0.25, 0.3) is 27.8 Å². The van der Waals surface area contributed by atoms with E-state index < -0.39 is 5.97 Å². The van der Waals surface area contributed by atoms with Gasteiger partial charge in [-0.1, -0.05) is 62.7 Å². The topological polar surface area (TPSA) is 84.2 Å². The number of para-hydroxylation sites is 1. The van der Waals surface area contributed by atoms with Crippen molar-refractivity contribution in [3.8, 4) is 16.8 Å². The molecule has 0 unspecified atom stereocenters. The fourth-order valence-corrected chi connectivity index (χ4v) is 4.54. The Bertz CT molecular complexity index is 1370. The molecule has 0 aliphatic rings. The van der Waals surface area contributed by atoms with E-state index in [9.17, 15) is 14.7 Å². The molecule has 35 heavy (non-hydrogen) atoms. The van der Waals surface area contributed by atoms with Crippen LogP contribution in [0, 0.1) is 6.92 Å². The van der Waals surface area contributed by atoms with Crippen LogP contribution in [0.15, 0.2) is 60.7 Å². The van der Waals surface area contributed by atoms with Crippen LogP contribution in [0.3, 0.4) is 0 Å². The lowest BCUT2D eigenvalue weighted by Gasteiger charge is -2.17. The summed E-state index contributed by atoms with van der Waals surface area (Å²) in [6.45, 7) is 5.96. The highest BCUT2D eigenvalue weighted by molar-refractivity contribution is 6.01. The number of imidazole rings is 1. The minimum Gasteiger partial charge on any atom is -0.478 e. The van der Waals surface area contributed by atoms with Gasteiger partial charge in [0.25, 0.3) is 0 Å². The van der Waals surface area contributed by atoms with E-state index >= 15 is 0 Å². The van der Waals surface area contributed by atoms with Crippen LogP contribution in [-0.2, 0) is 11.2 Å². The number of rotatable bonds is 9. The van der Waals surface area contributed by atoms with E-state index in [-0.39, 0.29) is 11.5 Å². The van der Waals surface area contributed by atoms with Gasteiger partial charge in [0.15, 0.2) is 0 Å². The highest BCUT2D eigenvalue weighted by Crippen LogP contribution is 2.34. The molecule has 0 aliphatic carbocycles. The zero-order valence-electron chi connectivity index (χ0n) is 20.5. The number of amides is 1.